The van der Waals surface area contributed by atoms with E-state index in [1.165, 1.54) is 11.1 Å². The fraction of sp³-hybridized carbons (Fsp3) is 0.294. The summed E-state index contributed by atoms with van der Waals surface area (Å²) in [4.78, 5) is 4.59. The molecule has 5 heteroatoms. The molecule has 0 radical (unpaired) electrons. The van der Waals surface area contributed by atoms with E-state index in [1.54, 1.807) is 7.11 Å². The summed E-state index contributed by atoms with van der Waals surface area (Å²) >= 11 is 0. The summed E-state index contributed by atoms with van der Waals surface area (Å²) in [6, 6.07) is 10.6. The van der Waals surface area contributed by atoms with Crippen LogP contribution < -0.4 is 4.74 Å². The van der Waals surface area contributed by atoms with E-state index in [0.717, 1.165) is 36.4 Å². The van der Waals surface area contributed by atoms with E-state index < -0.39 is 0 Å². The van der Waals surface area contributed by atoms with E-state index in [9.17, 15) is 0 Å². The van der Waals surface area contributed by atoms with Crippen LogP contribution in [0.5, 0.6) is 5.75 Å². The molecule has 1 fully saturated rings. The average molecular weight is 295 g/mol. The second kappa shape index (κ2) is 5.42. The molecule has 0 spiro atoms. The first-order valence-electron chi connectivity index (χ1n) is 7.36. The maximum atomic E-state index is 5.23. The quantitative estimate of drug-likeness (QED) is 0.742. The van der Waals surface area contributed by atoms with Crippen LogP contribution in [0.15, 0.2) is 42.7 Å². The standard InChI is InChI=1S/C17H17N3O2/c1-21-16-4-2-12(3-5-16)6-13-7-14-9-19-20(15-10-22-11-15)17(14)18-8-13/h2-5,7-9,15H,6,10-11H2,1H3. The van der Waals surface area contributed by atoms with Crippen molar-refractivity contribution in [3.8, 4) is 5.75 Å². The van der Waals surface area contributed by atoms with Gasteiger partial charge in [-0.15, -0.1) is 0 Å². The minimum absolute atomic E-state index is 0.331. The van der Waals surface area contributed by atoms with Crippen molar-refractivity contribution in [1.82, 2.24) is 14.8 Å². The van der Waals surface area contributed by atoms with Crippen molar-refractivity contribution in [3.63, 3.8) is 0 Å². The Morgan fingerprint density at radius 2 is 2.00 bits per heavy atom. The molecule has 0 unspecified atom stereocenters. The zero-order valence-corrected chi connectivity index (χ0v) is 12.4. The molecule has 0 atom stereocenters. The van der Waals surface area contributed by atoms with E-state index in [4.69, 9.17) is 9.47 Å². The molecule has 22 heavy (non-hydrogen) atoms. The Balaban J connectivity index is 1.59. The first-order chi connectivity index (χ1) is 10.8. The lowest BCUT2D eigenvalue weighted by Gasteiger charge is -2.26. The Kier molecular flexibility index (Phi) is 3.27. The number of benzene rings is 1. The predicted octanol–water partition coefficient (Wildman–Crippen LogP) is 2.60. The topological polar surface area (TPSA) is 49.2 Å². The van der Waals surface area contributed by atoms with Gasteiger partial charge in [0.2, 0.25) is 0 Å². The fourth-order valence-electron chi connectivity index (χ4n) is 2.69. The predicted molar refractivity (Wildman–Crippen MR) is 83.2 cm³/mol. The van der Waals surface area contributed by atoms with Crippen LogP contribution in [0, 0.1) is 0 Å². The Morgan fingerprint density at radius 1 is 1.18 bits per heavy atom. The van der Waals surface area contributed by atoms with Crippen molar-refractivity contribution in [1.29, 1.82) is 0 Å². The van der Waals surface area contributed by atoms with E-state index in [1.807, 2.05) is 29.2 Å². The monoisotopic (exact) mass is 295 g/mol. The Hall–Kier alpha value is -2.40. The number of methoxy groups -OCH3 is 1. The van der Waals surface area contributed by atoms with Gasteiger partial charge >= 0.3 is 0 Å². The summed E-state index contributed by atoms with van der Waals surface area (Å²) in [7, 11) is 1.68. The normalized spacial score (nSPS) is 15.0. The van der Waals surface area contributed by atoms with Gasteiger partial charge in [0.1, 0.15) is 11.8 Å². The molecule has 0 saturated carbocycles. The zero-order chi connectivity index (χ0) is 14.9. The summed E-state index contributed by atoms with van der Waals surface area (Å²) in [6.45, 7) is 1.46. The van der Waals surface area contributed by atoms with Gasteiger partial charge in [0, 0.05) is 11.6 Å². The summed E-state index contributed by atoms with van der Waals surface area (Å²) in [6.07, 6.45) is 4.67. The van der Waals surface area contributed by atoms with Crippen molar-refractivity contribution >= 4 is 11.0 Å². The second-order valence-electron chi connectivity index (χ2n) is 5.56. The van der Waals surface area contributed by atoms with E-state index in [2.05, 4.69) is 28.3 Å². The molecule has 1 aliphatic heterocycles. The van der Waals surface area contributed by atoms with Gasteiger partial charge in [-0.1, -0.05) is 12.1 Å². The van der Waals surface area contributed by atoms with Gasteiger partial charge in [-0.25, -0.2) is 9.67 Å². The number of ether oxygens (including phenoxy) is 2. The maximum absolute atomic E-state index is 5.23. The van der Waals surface area contributed by atoms with Crippen LogP contribution in [0.3, 0.4) is 0 Å². The molecular formula is C17H17N3O2. The summed E-state index contributed by atoms with van der Waals surface area (Å²) in [5.74, 6) is 0.876. The molecule has 0 bridgehead atoms. The Morgan fingerprint density at radius 3 is 2.68 bits per heavy atom. The molecule has 3 aromatic rings. The van der Waals surface area contributed by atoms with Gasteiger partial charge in [-0.2, -0.15) is 5.10 Å². The second-order valence-corrected chi connectivity index (χ2v) is 5.56. The molecule has 0 amide bonds. The van der Waals surface area contributed by atoms with Crippen LogP contribution in [-0.2, 0) is 11.2 Å². The van der Waals surface area contributed by atoms with Crippen LogP contribution in [0.1, 0.15) is 17.2 Å². The number of pyridine rings is 1. The lowest BCUT2D eigenvalue weighted by atomic mass is 10.1. The molecule has 5 nitrogen and oxygen atoms in total. The first kappa shape index (κ1) is 13.3. The van der Waals surface area contributed by atoms with Crippen LogP contribution in [0.2, 0.25) is 0 Å². The number of aromatic nitrogens is 3. The van der Waals surface area contributed by atoms with Gasteiger partial charge in [-0.3, -0.25) is 0 Å². The molecule has 112 valence electrons. The van der Waals surface area contributed by atoms with Crippen molar-refractivity contribution in [2.45, 2.75) is 12.5 Å². The highest BCUT2D eigenvalue weighted by Gasteiger charge is 2.23. The summed E-state index contributed by atoms with van der Waals surface area (Å²) < 4.78 is 12.4. The van der Waals surface area contributed by atoms with Gasteiger partial charge in [-0.05, 0) is 35.7 Å². The largest absolute Gasteiger partial charge is 0.497 e. The minimum atomic E-state index is 0.331. The third-order valence-corrected chi connectivity index (χ3v) is 4.02. The lowest BCUT2D eigenvalue weighted by Crippen LogP contribution is -2.31. The van der Waals surface area contributed by atoms with E-state index in [-0.39, 0.29) is 0 Å². The Bertz CT molecular complexity index is 791. The molecular weight excluding hydrogens is 278 g/mol. The van der Waals surface area contributed by atoms with Gasteiger partial charge < -0.3 is 9.47 Å². The van der Waals surface area contributed by atoms with Crippen molar-refractivity contribution < 1.29 is 9.47 Å². The first-order valence-corrected chi connectivity index (χ1v) is 7.36. The number of hydrogen-bond donors (Lipinski definition) is 0. The number of fused-ring (bicyclic) bond motifs is 1. The third kappa shape index (κ3) is 2.33. The number of rotatable bonds is 4. The smallest absolute Gasteiger partial charge is 0.158 e. The van der Waals surface area contributed by atoms with Crippen LogP contribution >= 0.6 is 0 Å². The van der Waals surface area contributed by atoms with E-state index >= 15 is 0 Å². The molecule has 2 aromatic heterocycles. The van der Waals surface area contributed by atoms with Crippen LogP contribution in [-0.4, -0.2) is 35.1 Å². The zero-order valence-electron chi connectivity index (χ0n) is 12.4. The highest BCUT2D eigenvalue weighted by atomic mass is 16.5. The molecule has 1 aliphatic rings. The molecule has 0 N–H and O–H groups in total. The maximum Gasteiger partial charge on any atom is 0.158 e. The summed E-state index contributed by atoms with van der Waals surface area (Å²) in [5.41, 5.74) is 3.36. The van der Waals surface area contributed by atoms with Gasteiger partial charge in [0.05, 0.1) is 26.5 Å². The molecule has 3 heterocycles. The highest BCUT2D eigenvalue weighted by Crippen LogP contribution is 2.23. The average Bonchev–Trinajstić information content (AvgIpc) is 2.89. The highest BCUT2D eigenvalue weighted by molar-refractivity contribution is 5.75. The molecule has 1 saturated heterocycles. The number of hydrogen-bond acceptors (Lipinski definition) is 4. The van der Waals surface area contributed by atoms with E-state index in [0.29, 0.717) is 6.04 Å². The lowest BCUT2D eigenvalue weighted by molar-refractivity contribution is -0.0269. The molecule has 4 rings (SSSR count). The van der Waals surface area contributed by atoms with Crippen molar-refractivity contribution in [2.24, 2.45) is 0 Å². The summed E-state index contributed by atoms with van der Waals surface area (Å²) in [5, 5.41) is 5.53. The van der Waals surface area contributed by atoms with Gasteiger partial charge in [0.15, 0.2) is 5.65 Å². The SMILES string of the molecule is COc1ccc(Cc2cnc3c(cnn3C3COC3)c2)cc1. The van der Waals surface area contributed by atoms with Gasteiger partial charge in [0.25, 0.3) is 0 Å². The Labute approximate surface area is 128 Å². The number of nitrogens with zero attached hydrogens (tertiary/aromatic N) is 3. The molecule has 0 aliphatic carbocycles. The minimum Gasteiger partial charge on any atom is -0.497 e. The third-order valence-electron chi connectivity index (χ3n) is 4.02. The molecule has 1 aromatic carbocycles. The van der Waals surface area contributed by atoms with Crippen molar-refractivity contribution in [3.05, 3.63) is 53.9 Å². The van der Waals surface area contributed by atoms with Crippen LogP contribution in [0.25, 0.3) is 11.0 Å². The van der Waals surface area contributed by atoms with Crippen LogP contribution in [0.4, 0.5) is 0 Å². The van der Waals surface area contributed by atoms with Crippen molar-refractivity contribution in [2.75, 3.05) is 20.3 Å². The fourth-order valence-corrected chi connectivity index (χ4v) is 2.69.